The number of hydrogen-bond donors (Lipinski definition) is 1. The van der Waals surface area contributed by atoms with E-state index >= 15 is 0 Å². The van der Waals surface area contributed by atoms with E-state index in [4.69, 9.17) is 16.1 Å². The van der Waals surface area contributed by atoms with Crippen LogP contribution in [0.2, 0.25) is 5.02 Å². The molecule has 0 bridgehead atoms. The Kier molecular flexibility index (Phi) is 8.61. The minimum absolute atomic E-state index is 0.0217. The van der Waals surface area contributed by atoms with Crippen molar-refractivity contribution in [3.63, 3.8) is 0 Å². The van der Waals surface area contributed by atoms with Crippen LogP contribution in [0.1, 0.15) is 24.3 Å². The van der Waals surface area contributed by atoms with Crippen molar-refractivity contribution < 1.29 is 9.32 Å². The number of anilines is 1. The number of halogens is 2. The second-order valence-electron chi connectivity index (χ2n) is 8.97. The van der Waals surface area contributed by atoms with Crippen molar-refractivity contribution in [1.29, 1.82) is 0 Å². The molecule has 2 heterocycles. The maximum atomic E-state index is 13.1. The van der Waals surface area contributed by atoms with Gasteiger partial charge in [0.15, 0.2) is 0 Å². The van der Waals surface area contributed by atoms with Crippen LogP contribution < -0.4 is 5.32 Å². The molecule has 0 unspecified atom stereocenters. The minimum atomic E-state index is -0.0217. The molecule has 1 amide bonds. The van der Waals surface area contributed by atoms with Crippen LogP contribution in [0.3, 0.4) is 0 Å². The van der Waals surface area contributed by atoms with Gasteiger partial charge in [-0.05, 0) is 80.0 Å². The Labute approximate surface area is 233 Å². The van der Waals surface area contributed by atoms with Crippen LogP contribution in [0.15, 0.2) is 86.7 Å². The zero-order valence-electron chi connectivity index (χ0n) is 20.1. The normalized spacial score (nSPS) is 14.5. The first-order valence-corrected chi connectivity index (χ1v) is 14.3. The number of carbonyl (C=O) groups excluding carboxylic acids is 1. The molecule has 1 aliphatic heterocycles. The lowest BCUT2D eigenvalue weighted by Crippen LogP contribution is -2.37. The summed E-state index contributed by atoms with van der Waals surface area (Å²) >= 11 is 11.1. The van der Waals surface area contributed by atoms with E-state index in [9.17, 15) is 4.79 Å². The lowest BCUT2D eigenvalue weighted by atomic mass is 9.96. The third-order valence-corrected chi connectivity index (χ3v) is 8.27. The average molecular weight is 598 g/mol. The van der Waals surface area contributed by atoms with Gasteiger partial charge >= 0.3 is 0 Å². The van der Waals surface area contributed by atoms with E-state index in [1.807, 2.05) is 72.8 Å². The van der Waals surface area contributed by atoms with Crippen LogP contribution in [-0.2, 0) is 17.1 Å². The number of likely N-dealkylation sites (tertiary alicyclic amines) is 1. The van der Waals surface area contributed by atoms with E-state index in [0.717, 1.165) is 57.3 Å². The highest BCUT2D eigenvalue weighted by molar-refractivity contribution is 9.10. The molecule has 1 saturated heterocycles. The molecule has 1 fully saturated rings. The van der Waals surface area contributed by atoms with E-state index < -0.39 is 0 Å². The molecule has 0 radical (unpaired) electrons. The molecule has 0 spiro atoms. The van der Waals surface area contributed by atoms with Crippen molar-refractivity contribution in [2.75, 3.05) is 18.4 Å². The van der Waals surface area contributed by atoms with Gasteiger partial charge in [0.05, 0.1) is 12.2 Å². The highest BCUT2D eigenvalue weighted by atomic mass is 79.9. The van der Waals surface area contributed by atoms with E-state index in [-0.39, 0.29) is 11.8 Å². The maximum absolute atomic E-state index is 13.1. The Bertz CT molecular complexity index is 1340. The van der Waals surface area contributed by atoms with Crippen molar-refractivity contribution in [2.24, 2.45) is 5.92 Å². The van der Waals surface area contributed by atoms with Gasteiger partial charge in [-0.3, -0.25) is 9.69 Å². The topological polar surface area (TPSA) is 71.3 Å². The van der Waals surface area contributed by atoms with E-state index in [2.05, 4.69) is 36.3 Å². The van der Waals surface area contributed by atoms with Crippen molar-refractivity contribution in [3.8, 4) is 11.4 Å². The highest BCUT2D eigenvalue weighted by Gasteiger charge is 2.26. The summed E-state index contributed by atoms with van der Waals surface area (Å²) in [6, 6.07) is 23.6. The summed E-state index contributed by atoms with van der Waals surface area (Å²) in [5.74, 6) is 2.04. The zero-order chi connectivity index (χ0) is 25.6. The van der Waals surface area contributed by atoms with Gasteiger partial charge in [0.2, 0.25) is 17.6 Å². The average Bonchev–Trinajstić information content (AvgIpc) is 3.38. The smallest absolute Gasteiger partial charge is 0.241 e. The number of hydrogen-bond acceptors (Lipinski definition) is 6. The first kappa shape index (κ1) is 26.0. The minimum Gasteiger partial charge on any atom is -0.338 e. The van der Waals surface area contributed by atoms with Crippen molar-refractivity contribution in [2.45, 2.75) is 30.0 Å². The van der Waals surface area contributed by atoms with E-state index in [0.29, 0.717) is 18.3 Å². The summed E-state index contributed by atoms with van der Waals surface area (Å²) in [5, 5.41) is 8.02. The fourth-order valence-electron chi connectivity index (χ4n) is 4.25. The van der Waals surface area contributed by atoms with Crippen molar-refractivity contribution in [1.82, 2.24) is 15.0 Å². The molecular formula is C28H26BrClN4O2S. The van der Waals surface area contributed by atoms with E-state index in [1.54, 1.807) is 11.8 Å². The summed E-state index contributed by atoms with van der Waals surface area (Å²) in [7, 11) is 0. The van der Waals surface area contributed by atoms with Crippen LogP contribution in [-0.4, -0.2) is 34.0 Å². The van der Waals surface area contributed by atoms with Gasteiger partial charge in [0, 0.05) is 31.6 Å². The summed E-state index contributed by atoms with van der Waals surface area (Å²) in [6.07, 6.45) is 1.58. The summed E-state index contributed by atoms with van der Waals surface area (Å²) < 4.78 is 6.48. The zero-order valence-corrected chi connectivity index (χ0v) is 23.2. The number of benzene rings is 3. The fraction of sp³-hybridized carbons (Fsp3) is 0.250. The lowest BCUT2D eigenvalue weighted by molar-refractivity contribution is -0.121. The Balaban J connectivity index is 1.12. The van der Waals surface area contributed by atoms with Gasteiger partial charge in [0.25, 0.3) is 0 Å². The summed E-state index contributed by atoms with van der Waals surface area (Å²) in [4.78, 5) is 20.9. The summed E-state index contributed by atoms with van der Waals surface area (Å²) in [5.41, 5.74) is 2.97. The molecule has 0 atom stereocenters. The van der Waals surface area contributed by atoms with Crippen LogP contribution in [0.5, 0.6) is 0 Å². The predicted molar refractivity (Wildman–Crippen MR) is 152 cm³/mol. The molecule has 6 nitrogen and oxygen atoms in total. The first-order valence-electron chi connectivity index (χ1n) is 12.1. The second-order valence-corrected chi connectivity index (χ2v) is 11.3. The Morgan fingerprint density at radius 1 is 1.05 bits per heavy atom. The molecule has 1 aromatic heterocycles. The molecule has 4 aromatic rings. The molecule has 0 saturated carbocycles. The predicted octanol–water partition coefficient (Wildman–Crippen LogP) is 7.30. The number of nitrogens with one attached hydrogen (secondary N) is 1. The molecule has 1 N–H and O–H groups in total. The number of nitrogens with zero attached hydrogens (tertiary/aromatic N) is 3. The van der Waals surface area contributed by atoms with Gasteiger partial charge in [-0.25, -0.2) is 0 Å². The van der Waals surface area contributed by atoms with Gasteiger partial charge in [-0.15, -0.1) is 11.8 Å². The van der Waals surface area contributed by atoms with Crippen LogP contribution in [0, 0.1) is 5.92 Å². The van der Waals surface area contributed by atoms with Gasteiger partial charge in [-0.2, -0.15) is 4.98 Å². The largest absolute Gasteiger partial charge is 0.338 e. The number of amides is 1. The monoisotopic (exact) mass is 596 g/mol. The standard InChI is InChI=1S/C28H26BrClN4O2S/c29-22-9-7-20(8-10-22)27-32-26(36-33-27)17-34-15-13-21(14-16-34)28(35)31-24-3-1-2-4-25(24)37-18-19-5-11-23(30)12-6-19/h1-12,21H,13-18H2,(H,31,35). The number of carbonyl (C=O) groups is 1. The second kappa shape index (κ2) is 12.3. The number of rotatable bonds is 8. The van der Waals surface area contributed by atoms with Crippen molar-refractivity contribution >= 4 is 50.9 Å². The van der Waals surface area contributed by atoms with Crippen LogP contribution >= 0.6 is 39.3 Å². The van der Waals surface area contributed by atoms with Gasteiger partial charge < -0.3 is 9.84 Å². The van der Waals surface area contributed by atoms with E-state index in [1.165, 1.54) is 5.56 Å². The summed E-state index contributed by atoms with van der Waals surface area (Å²) in [6.45, 7) is 2.20. The molecule has 1 aliphatic rings. The Hall–Kier alpha value is -2.65. The van der Waals surface area contributed by atoms with Gasteiger partial charge in [0.1, 0.15) is 0 Å². The number of piperidine rings is 1. The SMILES string of the molecule is O=C(Nc1ccccc1SCc1ccc(Cl)cc1)C1CCN(Cc2nc(-c3ccc(Br)cc3)no2)CC1. The molecule has 37 heavy (non-hydrogen) atoms. The maximum Gasteiger partial charge on any atom is 0.241 e. The number of para-hydroxylation sites is 1. The fourth-order valence-corrected chi connectivity index (χ4v) is 5.61. The van der Waals surface area contributed by atoms with Crippen LogP contribution in [0.25, 0.3) is 11.4 Å². The van der Waals surface area contributed by atoms with Crippen LogP contribution in [0.4, 0.5) is 5.69 Å². The Morgan fingerprint density at radius 3 is 2.54 bits per heavy atom. The molecule has 3 aromatic carbocycles. The number of aromatic nitrogens is 2. The molecule has 0 aliphatic carbocycles. The quantitative estimate of drug-likeness (QED) is 0.215. The first-order chi connectivity index (χ1) is 18.0. The highest BCUT2D eigenvalue weighted by Crippen LogP contribution is 2.31. The van der Waals surface area contributed by atoms with Gasteiger partial charge in [-0.1, -0.05) is 57.0 Å². The third-order valence-electron chi connectivity index (χ3n) is 6.34. The number of thioether (sulfide) groups is 1. The van der Waals surface area contributed by atoms with Crippen molar-refractivity contribution in [3.05, 3.63) is 93.7 Å². The lowest BCUT2D eigenvalue weighted by Gasteiger charge is -2.30. The molecule has 9 heteroatoms. The third kappa shape index (κ3) is 7.02. The molecular weight excluding hydrogens is 572 g/mol. The molecule has 190 valence electrons. The Morgan fingerprint density at radius 2 is 1.78 bits per heavy atom. The molecule has 5 rings (SSSR count).